The minimum atomic E-state index is -0.953. The van der Waals surface area contributed by atoms with Crippen LogP contribution in [-0.4, -0.2) is 16.1 Å². The molecule has 0 fully saturated rings. The van der Waals surface area contributed by atoms with Gasteiger partial charge in [-0.05, 0) is 12.1 Å². The molecule has 0 aliphatic heterocycles. The van der Waals surface area contributed by atoms with Crippen LogP contribution >= 0.6 is 0 Å². The number of hydrogen-bond acceptors (Lipinski definition) is 0. The maximum atomic E-state index is 4.15. The molecule has 29 heavy (non-hydrogen) atoms. The van der Waals surface area contributed by atoms with Gasteiger partial charge in [0, 0.05) is 16.1 Å². The van der Waals surface area contributed by atoms with Crippen molar-refractivity contribution in [3.05, 3.63) is 84.0 Å². The summed E-state index contributed by atoms with van der Waals surface area (Å²) >= 11 is 0. The zero-order valence-corrected chi connectivity index (χ0v) is 25.1. The third kappa shape index (κ3) is 18.6. The maximum absolute atomic E-state index is 4.15. The standard InChI is InChI=1S/2C12H19Si.2ClH.Zr/c2*1-11(10-13(2,3)4)9-12-7-5-6-8-12;;;/h2*5-8H,1,9-10H2,2-4H3;2*1H;/q2*-1;;;+4/p-2. The summed E-state index contributed by atoms with van der Waals surface area (Å²) in [5, 5.41) is 0. The minimum absolute atomic E-state index is 0. The summed E-state index contributed by atoms with van der Waals surface area (Å²) in [5.41, 5.74) is 5.60. The van der Waals surface area contributed by atoms with Gasteiger partial charge in [0.1, 0.15) is 0 Å². The third-order valence-electron chi connectivity index (χ3n) is 3.93. The van der Waals surface area contributed by atoms with Crippen molar-refractivity contribution in [3.8, 4) is 0 Å². The monoisotopic (exact) mass is 542 g/mol. The van der Waals surface area contributed by atoms with Crippen LogP contribution in [0.4, 0.5) is 0 Å². The van der Waals surface area contributed by atoms with Gasteiger partial charge >= 0.3 is 26.2 Å². The van der Waals surface area contributed by atoms with Crippen molar-refractivity contribution in [2.75, 3.05) is 0 Å². The zero-order chi connectivity index (χ0) is 19.8. The first-order chi connectivity index (χ1) is 11.9. The molecule has 0 aliphatic rings. The Morgan fingerprint density at radius 2 is 0.862 bits per heavy atom. The molecule has 0 bridgehead atoms. The quantitative estimate of drug-likeness (QED) is 0.270. The fourth-order valence-corrected chi connectivity index (χ4v) is 6.52. The van der Waals surface area contributed by atoms with Gasteiger partial charge in [0.05, 0.1) is 0 Å². The van der Waals surface area contributed by atoms with E-state index in [1.807, 2.05) is 0 Å². The van der Waals surface area contributed by atoms with Crippen molar-refractivity contribution >= 4 is 16.1 Å². The molecule has 0 saturated heterocycles. The Bertz CT molecular complexity index is 601. The van der Waals surface area contributed by atoms with Gasteiger partial charge in [-0.25, -0.2) is 24.3 Å². The second-order valence-corrected chi connectivity index (χ2v) is 20.9. The summed E-state index contributed by atoms with van der Waals surface area (Å²) in [6, 6.07) is 19.6. The average molecular weight is 545 g/mol. The predicted molar refractivity (Wildman–Crippen MR) is 126 cm³/mol. The van der Waals surface area contributed by atoms with Gasteiger partial charge in [0.2, 0.25) is 0 Å². The number of allylic oxidation sites excluding steroid dienone is 2. The first-order valence-electron chi connectivity index (χ1n) is 9.69. The summed E-state index contributed by atoms with van der Waals surface area (Å²) in [5.74, 6) is 0. The van der Waals surface area contributed by atoms with Crippen molar-refractivity contribution in [1.82, 2.24) is 0 Å². The van der Waals surface area contributed by atoms with E-state index in [-0.39, 0.29) is 51.0 Å². The van der Waals surface area contributed by atoms with Gasteiger partial charge in [-0.2, -0.15) is 35.4 Å². The van der Waals surface area contributed by atoms with Crippen molar-refractivity contribution in [1.29, 1.82) is 0 Å². The molecule has 0 amide bonds. The van der Waals surface area contributed by atoms with Gasteiger partial charge in [-0.1, -0.05) is 63.3 Å². The fraction of sp³-hybridized carbons (Fsp3) is 0.417. The first-order valence-corrected chi connectivity index (χ1v) is 17.1. The van der Waals surface area contributed by atoms with Gasteiger partial charge in [0.25, 0.3) is 0 Å². The first kappa shape index (κ1) is 33.7. The molecule has 2 aromatic carbocycles. The maximum Gasteiger partial charge on any atom is 4.00 e. The summed E-state index contributed by atoms with van der Waals surface area (Å²) in [4.78, 5) is 0. The molecular formula is C24H38Cl2Si2Zr. The van der Waals surface area contributed by atoms with Crippen LogP contribution in [0.2, 0.25) is 51.4 Å². The molecule has 0 saturated carbocycles. The van der Waals surface area contributed by atoms with E-state index in [0.29, 0.717) is 0 Å². The molecule has 0 spiro atoms. The number of hydrogen-bond donors (Lipinski definition) is 0. The Morgan fingerprint density at radius 1 is 0.621 bits per heavy atom. The topological polar surface area (TPSA) is 0 Å². The van der Waals surface area contributed by atoms with Crippen molar-refractivity contribution in [3.63, 3.8) is 0 Å². The number of halogens is 2. The Morgan fingerprint density at radius 3 is 1.07 bits per heavy atom. The van der Waals surface area contributed by atoms with E-state index in [1.54, 1.807) is 0 Å². The zero-order valence-electron chi connectivity index (χ0n) is 19.1. The van der Waals surface area contributed by atoms with Crippen LogP contribution < -0.4 is 24.8 Å². The van der Waals surface area contributed by atoms with Crippen LogP contribution in [0.15, 0.2) is 72.8 Å². The van der Waals surface area contributed by atoms with Crippen LogP contribution in [-0.2, 0) is 39.0 Å². The van der Waals surface area contributed by atoms with Crippen LogP contribution in [0, 0.1) is 0 Å². The average Bonchev–Trinajstić information content (AvgIpc) is 3.08. The van der Waals surface area contributed by atoms with E-state index in [2.05, 4.69) is 101 Å². The second-order valence-electron chi connectivity index (χ2n) is 9.91. The van der Waals surface area contributed by atoms with E-state index < -0.39 is 16.1 Å². The molecule has 160 valence electrons. The summed E-state index contributed by atoms with van der Waals surface area (Å²) < 4.78 is 0. The molecule has 2 rings (SSSR count). The Kier molecular flexibility index (Phi) is 18.4. The third-order valence-corrected chi connectivity index (χ3v) is 7.05. The van der Waals surface area contributed by atoms with Crippen LogP contribution in [0.5, 0.6) is 0 Å². The summed E-state index contributed by atoms with van der Waals surface area (Å²) in [6.07, 6.45) is 2.13. The molecular weight excluding hydrogens is 507 g/mol. The second kappa shape index (κ2) is 15.8. The van der Waals surface area contributed by atoms with Crippen LogP contribution in [0.25, 0.3) is 0 Å². The normalized spacial score (nSPS) is 10.4. The van der Waals surface area contributed by atoms with Crippen LogP contribution in [0.1, 0.15) is 11.1 Å². The molecule has 0 N–H and O–H groups in total. The molecule has 2 aromatic rings. The van der Waals surface area contributed by atoms with Gasteiger partial charge in [0.15, 0.2) is 0 Å². The molecule has 0 aliphatic carbocycles. The van der Waals surface area contributed by atoms with Crippen molar-refractivity contribution in [2.45, 2.75) is 64.2 Å². The Hall–Kier alpha value is 0.0769. The SMILES string of the molecule is C=C(C[c-]1cccc1)C[Si](C)(C)C.C=C(C[c-]1cccc1)C[Si](C)(C)C.[Cl-].[Cl-].[Zr+4]. The summed E-state index contributed by atoms with van der Waals surface area (Å²) in [7, 11) is -1.91. The smallest absolute Gasteiger partial charge is 1.00 e. The Balaban J connectivity index is -0.000000422. The minimum Gasteiger partial charge on any atom is -1.00 e. The fourth-order valence-electron chi connectivity index (χ4n) is 3.27. The van der Waals surface area contributed by atoms with E-state index in [0.717, 1.165) is 12.8 Å². The Labute approximate surface area is 214 Å². The largest absolute Gasteiger partial charge is 4.00 e. The van der Waals surface area contributed by atoms with E-state index in [9.17, 15) is 0 Å². The predicted octanol–water partition coefficient (Wildman–Crippen LogP) is 1.69. The van der Waals surface area contributed by atoms with E-state index >= 15 is 0 Å². The van der Waals surface area contributed by atoms with E-state index in [4.69, 9.17) is 0 Å². The molecule has 0 atom stereocenters. The van der Waals surface area contributed by atoms with Gasteiger partial charge in [-0.15, -0.1) is 13.2 Å². The molecule has 0 radical (unpaired) electrons. The molecule has 0 nitrogen and oxygen atoms in total. The van der Waals surface area contributed by atoms with Gasteiger partial charge < -0.3 is 24.8 Å². The molecule has 0 unspecified atom stereocenters. The molecule has 0 aromatic heterocycles. The van der Waals surface area contributed by atoms with Crippen LogP contribution in [0.3, 0.4) is 0 Å². The number of rotatable bonds is 8. The van der Waals surface area contributed by atoms with Crippen molar-refractivity contribution < 1.29 is 51.0 Å². The summed E-state index contributed by atoms with van der Waals surface area (Å²) in [6.45, 7) is 22.7. The van der Waals surface area contributed by atoms with Gasteiger partial charge in [-0.3, -0.25) is 0 Å². The van der Waals surface area contributed by atoms with E-state index in [1.165, 1.54) is 34.4 Å². The van der Waals surface area contributed by atoms with Crippen molar-refractivity contribution in [2.24, 2.45) is 0 Å². The molecule has 0 heterocycles. The molecule has 5 heteroatoms.